The lowest BCUT2D eigenvalue weighted by atomic mass is 10.2. The minimum absolute atomic E-state index is 0.0864. The molecular weight excluding hydrogens is 258 g/mol. The first-order valence-electron chi connectivity index (χ1n) is 5.07. The Labute approximate surface area is 109 Å². The fraction of sp³-hybridized carbons (Fsp3) is 0.182. The van der Waals surface area contributed by atoms with Crippen LogP contribution in [0.3, 0.4) is 0 Å². The summed E-state index contributed by atoms with van der Waals surface area (Å²) in [5, 5.41) is 13.1. The van der Waals surface area contributed by atoms with Crippen LogP contribution in [-0.2, 0) is 4.79 Å². The summed E-state index contributed by atoms with van der Waals surface area (Å²) in [7, 11) is 0. The molecule has 6 nitrogen and oxygen atoms in total. The molecule has 1 atom stereocenters. The average molecular weight is 270 g/mol. The second-order valence-electron chi connectivity index (χ2n) is 3.54. The number of anilines is 1. The molecule has 7 heteroatoms. The maximum absolute atomic E-state index is 11.6. The molecule has 0 heterocycles. The molecule has 18 heavy (non-hydrogen) atoms. The van der Waals surface area contributed by atoms with Crippen molar-refractivity contribution in [3.8, 4) is 0 Å². The standard InChI is InChI=1S/C11H12ClN3O3/c1-2-3-9(13)11(16)14-10-5-4-7(15(17)18)6-8(10)12/h2,4-6,9H,1,3,13H2,(H,14,16). The second-order valence-corrected chi connectivity index (χ2v) is 3.95. The number of non-ortho nitro benzene ring substituents is 1. The van der Waals surface area contributed by atoms with Crippen molar-refractivity contribution in [3.63, 3.8) is 0 Å². The van der Waals surface area contributed by atoms with Gasteiger partial charge in [0.15, 0.2) is 0 Å². The number of nitro benzene ring substituents is 1. The summed E-state index contributed by atoms with van der Waals surface area (Å²) < 4.78 is 0. The van der Waals surface area contributed by atoms with E-state index in [9.17, 15) is 14.9 Å². The van der Waals surface area contributed by atoms with Gasteiger partial charge in [-0.1, -0.05) is 17.7 Å². The summed E-state index contributed by atoms with van der Waals surface area (Å²) in [5.41, 5.74) is 5.71. The lowest BCUT2D eigenvalue weighted by Gasteiger charge is -2.11. The van der Waals surface area contributed by atoms with Gasteiger partial charge in [-0.2, -0.15) is 0 Å². The Morgan fingerprint density at radius 3 is 2.83 bits per heavy atom. The highest BCUT2D eigenvalue weighted by atomic mass is 35.5. The van der Waals surface area contributed by atoms with Crippen molar-refractivity contribution < 1.29 is 9.72 Å². The predicted octanol–water partition coefficient (Wildman–Crippen LogP) is 2.09. The summed E-state index contributed by atoms with van der Waals surface area (Å²) in [6.07, 6.45) is 1.86. The highest BCUT2D eigenvalue weighted by Gasteiger charge is 2.15. The van der Waals surface area contributed by atoms with Crippen molar-refractivity contribution in [2.24, 2.45) is 5.73 Å². The number of hydrogen-bond acceptors (Lipinski definition) is 4. The zero-order chi connectivity index (χ0) is 13.7. The molecule has 1 amide bonds. The van der Waals surface area contributed by atoms with E-state index in [4.69, 9.17) is 17.3 Å². The van der Waals surface area contributed by atoms with E-state index in [1.165, 1.54) is 18.2 Å². The summed E-state index contributed by atoms with van der Waals surface area (Å²) in [5.74, 6) is -0.425. The van der Waals surface area contributed by atoms with Gasteiger partial charge in [0.05, 0.1) is 21.7 Å². The zero-order valence-corrected chi connectivity index (χ0v) is 10.2. The molecule has 0 aliphatic rings. The number of carbonyl (C=O) groups excluding carboxylic acids is 1. The number of benzene rings is 1. The lowest BCUT2D eigenvalue weighted by Crippen LogP contribution is -2.35. The zero-order valence-electron chi connectivity index (χ0n) is 9.43. The van der Waals surface area contributed by atoms with E-state index < -0.39 is 16.9 Å². The number of rotatable bonds is 5. The van der Waals surface area contributed by atoms with Crippen molar-refractivity contribution in [2.45, 2.75) is 12.5 Å². The summed E-state index contributed by atoms with van der Waals surface area (Å²) in [6.45, 7) is 3.48. The van der Waals surface area contributed by atoms with Crippen LogP contribution < -0.4 is 11.1 Å². The van der Waals surface area contributed by atoms with Gasteiger partial charge in [-0.25, -0.2) is 0 Å². The maximum atomic E-state index is 11.6. The van der Waals surface area contributed by atoms with E-state index in [0.717, 1.165) is 6.07 Å². The molecule has 0 bridgehead atoms. The van der Waals surface area contributed by atoms with Crippen LogP contribution in [0.25, 0.3) is 0 Å². The third-order valence-corrected chi connectivity index (χ3v) is 2.49. The topological polar surface area (TPSA) is 98.3 Å². The Morgan fingerprint density at radius 2 is 2.33 bits per heavy atom. The van der Waals surface area contributed by atoms with E-state index in [2.05, 4.69) is 11.9 Å². The van der Waals surface area contributed by atoms with Gasteiger partial charge in [0.1, 0.15) is 0 Å². The average Bonchev–Trinajstić information content (AvgIpc) is 2.31. The minimum atomic E-state index is -0.728. The molecule has 0 aliphatic heterocycles. The van der Waals surface area contributed by atoms with Crippen LogP contribution >= 0.6 is 11.6 Å². The monoisotopic (exact) mass is 269 g/mol. The Kier molecular flexibility index (Phi) is 4.82. The molecule has 0 saturated heterocycles. The van der Waals surface area contributed by atoms with E-state index >= 15 is 0 Å². The predicted molar refractivity (Wildman–Crippen MR) is 69.5 cm³/mol. The quantitative estimate of drug-likeness (QED) is 0.486. The molecular formula is C11H12ClN3O3. The number of amides is 1. The molecule has 1 unspecified atom stereocenters. The van der Waals surface area contributed by atoms with Gasteiger partial charge in [-0.3, -0.25) is 14.9 Å². The Balaban J connectivity index is 2.82. The molecule has 0 aromatic heterocycles. The third-order valence-electron chi connectivity index (χ3n) is 2.18. The van der Waals surface area contributed by atoms with Crippen molar-refractivity contribution in [2.75, 3.05) is 5.32 Å². The highest BCUT2D eigenvalue weighted by molar-refractivity contribution is 6.34. The SMILES string of the molecule is C=CCC(N)C(=O)Nc1ccc([N+](=O)[O-])cc1Cl. The number of halogens is 1. The molecule has 0 spiro atoms. The Bertz CT molecular complexity index is 490. The van der Waals surface area contributed by atoms with Crippen molar-refractivity contribution in [1.29, 1.82) is 0 Å². The van der Waals surface area contributed by atoms with Gasteiger partial charge < -0.3 is 11.1 Å². The van der Waals surface area contributed by atoms with E-state index in [1.54, 1.807) is 0 Å². The maximum Gasteiger partial charge on any atom is 0.271 e. The lowest BCUT2D eigenvalue weighted by molar-refractivity contribution is -0.384. The smallest absolute Gasteiger partial charge is 0.271 e. The summed E-state index contributed by atoms with van der Waals surface area (Å²) in [6, 6.07) is 3.05. The number of nitro groups is 1. The molecule has 0 aliphatic carbocycles. The molecule has 96 valence electrons. The minimum Gasteiger partial charge on any atom is -0.323 e. The molecule has 1 aromatic rings. The van der Waals surface area contributed by atoms with Crippen molar-refractivity contribution in [3.05, 3.63) is 46.0 Å². The van der Waals surface area contributed by atoms with Crippen LogP contribution in [0, 0.1) is 10.1 Å². The van der Waals surface area contributed by atoms with Gasteiger partial charge >= 0.3 is 0 Å². The number of nitrogens with two attached hydrogens (primary N) is 1. The van der Waals surface area contributed by atoms with E-state index in [1.807, 2.05) is 0 Å². The molecule has 0 fully saturated rings. The van der Waals surface area contributed by atoms with Gasteiger partial charge in [0.25, 0.3) is 5.69 Å². The van der Waals surface area contributed by atoms with Crippen LogP contribution in [-0.4, -0.2) is 16.9 Å². The summed E-state index contributed by atoms with van der Waals surface area (Å²) >= 11 is 5.82. The van der Waals surface area contributed by atoms with Crippen LogP contribution in [0.15, 0.2) is 30.9 Å². The van der Waals surface area contributed by atoms with Gasteiger partial charge in [-0.05, 0) is 12.5 Å². The third kappa shape index (κ3) is 3.54. The van der Waals surface area contributed by atoms with Gasteiger partial charge in [0.2, 0.25) is 5.91 Å². The number of carbonyl (C=O) groups is 1. The van der Waals surface area contributed by atoms with Crippen molar-refractivity contribution >= 4 is 28.9 Å². The van der Waals surface area contributed by atoms with E-state index in [-0.39, 0.29) is 16.4 Å². The first-order valence-corrected chi connectivity index (χ1v) is 5.44. The van der Waals surface area contributed by atoms with Crippen LogP contribution in [0.5, 0.6) is 0 Å². The number of nitrogens with zero attached hydrogens (tertiary/aromatic N) is 1. The summed E-state index contributed by atoms with van der Waals surface area (Å²) in [4.78, 5) is 21.5. The molecule has 1 rings (SSSR count). The molecule has 0 saturated carbocycles. The highest BCUT2D eigenvalue weighted by Crippen LogP contribution is 2.26. The van der Waals surface area contributed by atoms with Crippen LogP contribution in [0.2, 0.25) is 5.02 Å². The first kappa shape index (κ1) is 14.1. The van der Waals surface area contributed by atoms with Crippen LogP contribution in [0.1, 0.15) is 6.42 Å². The Hall–Kier alpha value is -1.92. The fourth-order valence-electron chi connectivity index (χ4n) is 1.23. The van der Waals surface area contributed by atoms with Crippen molar-refractivity contribution in [1.82, 2.24) is 0 Å². The van der Waals surface area contributed by atoms with Gasteiger partial charge in [0, 0.05) is 12.1 Å². The molecule has 1 aromatic carbocycles. The normalized spacial score (nSPS) is 11.7. The molecule has 0 radical (unpaired) electrons. The van der Waals surface area contributed by atoms with E-state index in [0.29, 0.717) is 6.42 Å². The Morgan fingerprint density at radius 1 is 1.67 bits per heavy atom. The largest absolute Gasteiger partial charge is 0.323 e. The fourth-order valence-corrected chi connectivity index (χ4v) is 1.45. The van der Waals surface area contributed by atoms with Gasteiger partial charge in [-0.15, -0.1) is 6.58 Å². The van der Waals surface area contributed by atoms with Crippen LogP contribution in [0.4, 0.5) is 11.4 Å². The second kappa shape index (κ2) is 6.13. The number of hydrogen-bond donors (Lipinski definition) is 2. The first-order chi connectivity index (χ1) is 8.45. The number of nitrogens with one attached hydrogen (secondary N) is 1. The molecule has 3 N–H and O–H groups in total.